The second kappa shape index (κ2) is 7.05. The molecule has 0 saturated carbocycles. The molecule has 1 aromatic heterocycles. The summed E-state index contributed by atoms with van der Waals surface area (Å²) < 4.78 is 33.8. The van der Waals surface area contributed by atoms with Crippen molar-refractivity contribution >= 4 is 11.6 Å². The molecule has 26 heavy (non-hydrogen) atoms. The summed E-state index contributed by atoms with van der Waals surface area (Å²) in [6.45, 7) is 2.96. The third kappa shape index (κ3) is 3.18. The topological polar surface area (TPSA) is 49.6 Å². The van der Waals surface area contributed by atoms with Crippen LogP contribution in [0.3, 0.4) is 0 Å². The Labute approximate surface area is 150 Å². The van der Waals surface area contributed by atoms with Gasteiger partial charge in [-0.3, -0.25) is 4.79 Å². The molecular formula is C19H21F2N3O2. The van der Waals surface area contributed by atoms with E-state index in [9.17, 15) is 13.6 Å². The molecule has 0 aliphatic carbocycles. The lowest BCUT2D eigenvalue weighted by Gasteiger charge is -2.35. The SMILES string of the molecule is O=C1CCCN1CC1CCN(c2ccc(-c3cnoc3)c(F)c2F)CC1. The molecule has 1 aromatic carbocycles. The van der Waals surface area contributed by atoms with Crippen LogP contribution >= 0.6 is 0 Å². The molecule has 0 bridgehead atoms. The van der Waals surface area contributed by atoms with Crippen molar-refractivity contribution in [3.63, 3.8) is 0 Å². The first-order valence-electron chi connectivity index (χ1n) is 9.04. The Morgan fingerprint density at radius 1 is 1.15 bits per heavy atom. The van der Waals surface area contributed by atoms with Gasteiger partial charge in [0.2, 0.25) is 5.91 Å². The number of piperidine rings is 1. The van der Waals surface area contributed by atoms with Crippen LogP contribution in [0.2, 0.25) is 0 Å². The van der Waals surface area contributed by atoms with E-state index >= 15 is 0 Å². The van der Waals surface area contributed by atoms with Gasteiger partial charge in [0.25, 0.3) is 0 Å². The second-order valence-electron chi connectivity index (χ2n) is 7.05. The zero-order chi connectivity index (χ0) is 18.1. The van der Waals surface area contributed by atoms with Gasteiger partial charge in [0.15, 0.2) is 11.6 Å². The highest BCUT2D eigenvalue weighted by molar-refractivity contribution is 5.78. The predicted molar refractivity (Wildman–Crippen MR) is 92.6 cm³/mol. The fraction of sp³-hybridized carbons (Fsp3) is 0.474. The van der Waals surface area contributed by atoms with Gasteiger partial charge >= 0.3 is 0 Å². The van der Waals surface area contributed by atoms with Crippen LogP contribution in [0.25, 0.3) is 11.1 Å². The number of hydrogen-bond acceptors (Lipinski definition) is 4. The minimum absolute atomic E-state index is 0.148. The maximum Gasteiger partial charge on any atom is 0.222 e. The average Bonchev–Trinajstić information content (AvgIpc) is 3.31. The summed E-state index contributed by atoms with van der Waals surface area (Å²) in [5.74, 6) is -1.05. The molecule has 2 aromatic rings. The largest absolute Gasteiger partial charge is 0.369 e. The number of amides is 1. The molecule has 2 saturated heterocycles. The van der Waals surface area contributed by atoms with Crippen molar-refractivity contribution in [2.75, 3.05) is 31.1 Å². The summed E-state index contributed by atoms with van der Waals surface area (Å²) in [4.78, 5) is 15.6. The third-order valence-corrected chi connectivity index (χ3v) is 5.41. The molecule has 7 heteroatoms. The zero-order valence-electron chi connectivity index (χ0n) is 14.5. The molecule has 3 heterocycles. The van der Waals surface area contributed by atoms with Crippen molar-refractivity contribution in [1.29, 1.82) is 0 Å². The second-order valence-corrected chi connectivity index (χ2v) is 7.05. The number of anilines is 1. The summed E-state index contributed by atoms with van der Waals surface area (Å²) in [6.07, 6.45) is 6.00. The van der Waals surface area contributed by atoms with Crippen LogP contribution in [0.1, 0.15) is 25.7 Å². The number of aromatic nitrogens is 1. The van der Waals surface area contributed by atoms with Gasteiger partial charge in [0.1, 0.15) is 6.26 Å². The van der Waals surface area contributed by atoms with Gasteiger partial charge in [-0.25, -0.2) is 8.78 Å². The highest BCUT2D eigenvalue weighted by atomic mass is 19.2. The molecule has 1 amide bonds. The van der Waals surface area contributed by atoms with Crippen LogP contribution in [-0.4, -0.2) is 42.1 Å². The molecule has 138 valence electrons. The Hall–Kier alpha value is -2.44. The minimum Gasteiger partial charge on any atom is -0.369 e. The Kier molecular flexibility index (Phi) is 4.61. The third-order valence-electron chi connectivity index (χ3n) is 5.41. The number of likely N-dealkylation sites (tertiary alicyclic amines) is 1. The smallest absolute Gasteiger partial charge is 0.222 e. The van der Waals surface area contributed by atoms with Gasteiger partial charge < -0.3 is 14.3 Å². The van der Waals surface area contributed by atoms with Crippen molar-refractivity contribution in [3.8, 4) is 11.1 Å². The number of hydrogen-bond donors (Lipinski definition) is 0. The molecule has 4 rings (SSSR count). The van der Waals surface area contributed by atoms with Crippen LogP contribution in [-0.2, 0) is 4.79 Å². The minimum atomic E-state index is -0.879. The quantitative estimate of drug-likeness (QED) is 0.837. The first-order valence-corrected chi connectivity index (χ1v) is 9.04. The Bertz CT molecular complexity index is 786. The molecule has 0 radical (unpaired) electrons. The maximum absolute atomic E-state index is 14.6. The van der Waals surface area contributed by atoms with Crippen molar-refractivity contribution in [2.24, 2.45) is 5.92 Å². The van der Waals surface area contributed by atoms with E-state index in [0.717, 1.165) is 32.4 Å². The van der Waals surface area contributed by atoms with Crippen LogP contribution < -0.4 is 4.90 Å². The molecule has 0 unspecified atom stereocenters. The zero-order valence-corrected chi connectivity index (χ0v) is 14.5. The van der Waals surface area contributed by atoms with E-state index in [-0.39, 0.29) is 11.5 Å². The summed E-state index contributed by atoms with van der Waals surface area (Å²) in [5.41, 5.74) is 0.857. The summed E-state index contributed by atoms with van der Waals surface area (Å²) in [6, 6.07) is 3.18. The molecule has 0 atom stereocenters. The fourth-order valence-corrected chi connectivity index (χ4v) is 3.91. The molecule has 2 aliphatic rings. The molecule has 0 N–H and O–H groups in total. The van der Waals surface area contributed by atoms with E-state index < -0.39 is 11.6 Å². The average molecular weight is 361 g/mol. The number of carbonyl (C=O) groups excluding carboxylic acids is 1. The fourth-order valence-electron chi connectivity index (χ4n) is 3.91. The maximum atomic E-state index is 14.6. The van der Waals surface area contributed by atoms with Crippen LogP contribution in [0.5, 0.6) is 0 Å². The van der Waals surface area contributed by atoms with Gasteiger partial charge in [-0.05, 0) is 37.3 Å². The van der Waals surface area contributed by atoms with Crippen LogP contribution in [0.15, 0.2) is 29.1 Å². The van der Waals surface area contributed by atoms with Crippen LogP contribution in [0, 0.1) is 17.6 Å². The van der Waals surface area contributed by atoms with Gasteiger partial charge in [-0.15, -0.1) is 0 Å². The summed E-state index contributed by atoms with van der Waals surface area (Å²) in [7, 11) is 0. The molecule has 2 aliphatic heterocycles. The number of nitrogens with zero attached hydrogens (tertiary/aromatic N) is 3. The van der Waals surface area contributed by atoms with Crippen molar-refractivity contribution in [1.82, 2.24) is 10.1 Å². The molecule has 0 spiro atoms. The van der Waals surface area contributed by atoms with Crippen LogP contribution in [0.4, 0.5) is 14.5 Å². The van der Waals surface area contributed by atoms with Gasteiger partial charge in [-0.2, -0.15) is 0 Å². The van der Waals surface area contributed by atoms with Gasteiger partial charge in [0, 0.05) is 43.7 Å². The van der Waals surface area contributed by atoms with E-state index in [2.05, 4.69) is 5.16 Å². The highest BCUT2D eigenvalue weighted by Crippen LogP contribution is 2.32. The lowest BCUT2D eigenvalue weighted by molar-refractivity contribution is -0.128. The first kappa shape index (κ1) is 17.0. The lowest BCUT2D eigenvalue weighted by atomic mass is 9.95. The standard InChI is InChI=1S/C19H21F2N3O2/c20-18-15(14-10-22-26-12-14)3-4-16(19(18)21)23-8-5-13(6-9-23)11-24-7-1-2-17(24)25/h3-4,10,12-13H,1-2,5-9,11H2. The Morgan fingerprint density at radius 3 is 2.62 bits per heavy atom. The van der Waals surface area contributed by atoms with E-state index in [0.29, 0.717) is 36.7 Å². The van der Waals surface area contributed by atoms with E-state index in [4.69, 9.17) is 4.52 Å². The monoisotopic (exact) mass is 361 g/mol. The lowest BCUT2D eigenvalue weighted by Crippen LogP contribution is -2.39. The Morgan fingerprint density at radius 2 is 1.96 bits per heavy atom. The van der Waals surface area contributed by atoms with Crippen molar-refractivity contribution < 1.29 is 18.1 Å². The number of halogens is 2. The number of carbonyl (C=O) groups is 1. The highest BCUT2D eigenvalue weighted by Gasteiger charge is 2.28. The number of benzene rings is 1. The summed E-state index contributed by atoms with van der Waals surface area (Å²) in [5, 5.41) is 3.53. The number of rotatable bonds is 4. The van der Waals surface area contributed by atoms with E-state index in [1.165, 1.54) is 12.5 Å². The summed E-state index contributed by atoms with van der Waals surface area (Å²) >= 11 is 0. The van der Waals surface area contributed by atoms with Crippen molar-refractivity contribution in [2.45, 2.75) is 25.7 Å². The molecular weight excluding hydrogens is 340 g/mol. The molecule has 5 nitrogen and oxygen atoms in total. The predicted octanol–water partition coefficient (Wildman–Crippen LogP) is 3.46. The molecule has 2 fully saturated rings. The van der Waals surface area contributed by atoms with Gasteiger partial charge in [-0.1, -0.05) is 5.16 Å². The Balaban J connectivity index is 1.43. The van der Waals surface area contributed by atoms with Crippen molar-refractivity contribution in [3.05, 3.63) is 36.2 Å². The van der Waals surface area contributed by atoms with Gasteiger partial charge in [0.05, 0.1) is 11.9 Å². The van der Waals surface area contributed by atoms with E-state index in [1.807, 2.05) is 9.80 Å². The normalized spacial score (nSPS) is 18.8. The van der Waals surface area contributed by atoms with E-state index in [1.54, 1.807) is 12.1 Å². The first-order chi connectivity index (χ1) is 12.6.